The van der Waals surface area contributed by atoms with Crippen molar-refractivity contribution in [1.29, 1.82) is 0 Å². The van der Waals surface area contributed by atoms with Crippen LogP contribution in [0.5, 0.6) is 5.75 Å². The van der Waals surface area contributed by atoms with Gasteiger partial charge in [0.15, 0.2) is 0 Å². The number of aliphatic hydroxyl groups is 1. The Morgan fingerprint density at radius 2 is 1.76 bits per heavy atom. The smallest absolute Gasteiger partial charge is 0.118 e. The second-order valence-electron chi connectivity index (χ2n) is 4.69. The van der Waals surface area contributed by atoms with Crippen molar-refractivity contribution in [3.63, 3.8) is 0 Å². The molecule has 2 N–H and O–H groups in total. The highest BCUT2D eigenvalue weighted by Gasteiger charge is 2.15. The lowest BCUT2D eigenvalue weighted by atomic mass is 10.0. The molecule has 2 unspecified atom stereocenters. The monoisotopic (exact) mass is 237 g/mol. The predicted molar refractivity (Wildman–Crippen MR) is 70.3 cm³/mol. The zero-order chi connectivity index (χ0) is 12.8. The summed E-state index contributed by atoms with van der Waals surface area (Å²) in [4.78, 5) is 0. The van der Waals surface area contributed by atoms with Gasteiger partial charge in [-0.05, 0) is 30.5 Å². The van der Waals surface area contributed by atoms with Crippen LogP contribution < -0.4 is 10.1 Å². The fourth-order valence-electron chi connectivity index (χ4n) is 1.77. The van der Waals surface area contributed by atoms with E-state index in [4.69, 9.17) is 4.74 Å². The van der Waals surface area contributed by atoms with Crippen LogP contribution in [0.3, 0.4) is 0 Å². The van der Waals surface area contributed by atoms with Gasteiger partial charge in [0.25, 0.3) is 0 Å². The summed E-state index contributed by atoms with van der Waals surface area (Å²) in [5, 5.41) is 12.7. The molecule has 96 valence electrons. The Bertz CT molecular complexity index is 321. The van der Waals surface area contributed by atoms with Crippen molar-refractivity contribution in [3.05, 3.63) is 29.8 Å². The maximum absolute atomic E-state index is 9.29. The van der Waals surface area contributed by atoms with E-state index >= 15 is 0 Å². The summed E-state index contributed by atoms with van der Waals surface area (Å²) >= 11 is 0. The average molecular weight is 237 g/mol. The topological polar surface area (TPSA) is 41.5 Å². The minimum Gasteiger partial charge on any atom is -0.497 e. The summed E-state index contributed by atoms with van der Waals surface area (Å²) in [5.74, 6) is 1.28. The average Bonchev–Trinajstić information content (AvgIpc) is 2.35. The maximum atomic E-state index is 9.29. The predicted octanol–water partition coefficient (Wildman–Crippen LogP) is 2.36. The molecular weight excluding hydrogens is 214 g/mol. The Hall–Kier alpha value is -1.06. The zero-order valence-corrected chi connectivity index (χ0v) is 11.1. The summed E-state index contributed by atoms with van der Waals surface area (Å²) < 4.78 is 5.13. The van der Waals surface area contributed by atoms with E-state index in [0.29, 0.717) is 5.92 Å². The lowest BCUT2D eigenvalue weighted by molar-refractivity contribution is 0.201. The van der Waals surface area contributed by atoms with Crippen molar-refractivity contribution >= 4 is 0 Å². The number of ether oxygens (including phenoxy) is 1. The Morgan fingerprint density at radius 3 is 2.18 bits per heavy atom. The van der Waals surface area contributed by atoms with Crippen molar-refractivity contribution in [1.82, 2.24) is 5.32 Å². The van der Waals surface area contributed by atoms with E-state index in [1.54, 1.807) is 7.11 Å². The molecule has 0 saturated heterocycles. The molecule has 17 heavy (non-hydrogen) atoms. The third-order valence-electron chi connectivity index (χ3n) is 3.08. The molecule has 2 atom stereocenters. The summed E-state index contributed by atoms with van der Waals surface area (Å²) in [7, 11) is 1.66. The van der Waals surface area contributed by atoms with Crippen LogP contribution in [0.2, 0.25) is 0 Å². The van der Waals surface area contributed by atoms with Gasteiger partial charge < -0.3 is 15.2 Å². The van der Waals surface area contributed by atoms with Crippen LogP contribution in [0.4, 0.5) is 0 Å². The molecule has 0 radical (unpaired) electrons. The van der Waals surface area contributed by atoms with E-state index < -0.39 is 0 Å². The summed E-state index contributed by atoms with van der Waals surface area (Å²) in [6.07, 6.45) is 0. The van der Waals surface area contributed by atoms with Gasteiger partial charge in [-0.25, -0.2) is 0 Å². The lowest BCUT2D eigenvalue weighted by Gasteiger charge is -2.25. The standard InChI is InChI=1S/C14H23NO2/c1-10(2)14(9-16)15-11(3)12-5-7-13(17-4)8-6-12/h5-8,10-11,14-16H,9H2,1-4H3. The van der Waals surface area contributed by atoms with Crippen molar-refractivity contribution in [3.8, 4) is 5.75 Å². The van der Waals surface area contributed by atoms with Gasteiger partial charge in [0, 0.05) is 12.1 Å². The largest absolute Gasteiger partial charge is 0.497 e. The fourth-order valence-corrected chi connectivity index (χ4v) is 1.77. The quantitative estimate of drug-likeness (QED) is 0.798. The van der Waals surface area contributed by atoms with E-state index in [1.165, 1.54) is 5.56 Å². The lowest BCUT2D eigenvalue weighted by Crippen LogP contribution is -2.38. The molecule has 0 aliphatic carbocycles. The molecule has 0 amide bonds. The molecule has 0 spiro atoms. The van der Waals surface area contributed by atoms with E-state index in [1.807, 2.05) is 24.3 Å². The highest BCUT2D eigenvalue weighted by atomic mass is 16.5. The van der Waals surface area contributed by atoms with Crippen molar-refractivity contribution in [2.75, 3.05) is 13.7 Å². The van der Waals surface area contributed by atoms with Gasteiger partial charge in [-0.15, -0.1) is 0 Å². The van der Waals surface area contributed by atoms with Gasteiger partial charge in [-0.3, -0.25) is 0 Å². The van der Waals surface area contributed by atoms with Crippen LogP contribution in [0.1, 0.15) is 32.4 Å². The molecule has 1 aromatic carbocycles. The molecule has 3 heteroatoms. The minimum atomic E-state index is 0.132. The number of hydrogen-bond donors (Lipinski definition) is 2. The van der Waals surface area contributed by atoms with Gasteiger partial charge in [-0.1, -0.05) is 26.0 Å². The van der Waals surface area contributed by atoms with Crippen LogP contribution in [-0.4, -0.2) is 24.9 Å². The number of hydrogen-bond acceptors (Lipinski definition) is 3. The molecule has 3 nitrogen and oxygen atoms in total. The summed E-state index contributed by atoms with van der Waals surface area (Å²) in [6.45, 7) is 6.48. The van der Waals surface area contributed by atoms with E-state index in [9.17, 15) is 5.11 Å². The second kappa shape index (κ2) is 6.62. The fraction of sp³-hybridized carbons (Fsp3) is 0.571. The van der Waals surface area contributed by atoms with Gasteiger partial charge in [-0.2, -0.15) is 0 Å². The van der Waals surface area contributed by atoms with Crippen LogP contribution in [0.25, 0.3) is 0 Å². The minimum absolute atomic E-state index is 0.132. The van der Waals surface area contributed by atoms with Gasteiger partial charge in [0.1, 0.15) is 5.75 Å². The number of nitrogens with one attached hydrogen (secondary N) is 1. The van der Waals surface area contributed by atoms with Crippen LogP contribution in [0, 0.1) is 5.92 Å². The molecule has 0 aromatic heterocycles. The molecule has 0 aliphatic rings. The van der Waals surface area contributed by atoms with Crippen molar-refractivity contribution < 1.29 is 9.84 Å². The third kappa shape index (κ3) is 4.02. The molecule has 1 rings (SSSR count). The highest BCUT2D eigenvalue weighted by molar-refractivity contribution is 5.28. The van der Waals surface area contributed by atoms with Crippen LogP contribution in [0.15, 0.2) is 24.3 Å². The van der Waals surface area contributed by atoms with E-state index in [0.717, 1.165) is 5.75 Å². The summed E-state index contributed by atoms with van der Waals surface area (Å²) in [5.41, 5.74) is 1.20. The first-order valence-corrected chi connectivity index (χ1v) is 6.09. The highest BCUT2D eigenvalue weighted by Crippen LogP contribution is 2.18. The van der Waals surface area contributed by atoms with Crippen molar-refractivity contribution in [2.24, 2.45) is 5.92 Å². The Labute approximate surface area is 104 Å². The van der Waals surface area contributed by atoms with E-state index in [2.05, 4.69) is 26.1 Å². The summed E-state index contributed by atoms with van der Waals surface area (Å²) in [6, 6.07) is 8.36. The maximum Gasteiger partial charge on any atom is 0.118 e. The Morgan fingerprint density at radius 1 is 1.18 bits per heavy atom. The molecule has 1 aromatic rings. The number of benzene rings is 1. The Kier molecular flexibility index (Phi) is 5.45. The molecule has 0 aliphatic heterocycles. The second-order valence-corrected chi connectivity index (χ2v) is 4.69. The SMILES string of the molecule is COc1ccc(C(C)NC(CO)C(C)C)cc1. The number of aliphatic hydroxyl groups excluding tert-OH is 1. The van der Waals surface area contributed by atoms with E-state index in [-0.39, 0.29) is 18.7 Å². The van der Waals surface area contributed by atoms with Crippen LogP contribution in [-0.2, 0) is 0 Å². The first kappa shape index (κ1) is 14.0. The Balaban J connectivity index is 2.65. The first-order valence-electron chi connectivity index (χ1n) is 6.09. The van der Waals surface area contributed by atoms with Gasteiger partial charge in [0.2, 0.25) is 0 Å². The zero-order valence-electron chi connectivity index (χ0n) is 11.1. The molecule has 0 saturated carbocycles. The first-order chi connectivity index (χ1) is 8.08. The molecule has 0 fully saturated rings. The molecular formula is C14H23NO2. The number of methoxy groups -OCH3 is 1. The van der Waals surface area contributed by atoms with Crippen LogP contribution >= 0.6 is 0 Å². The van der Waals surface area contributed by atoms with Gasteiger partial charge in [0.05, 0.1) is 13.7 Å². The number of rotatable bonds is 6. The normalized spacial score (nSPS) is 14.7. The van der Waals surface area contributed by atoms with Crippen molar-refractivity contribution in [2.45, 2.75) is 32.9 Å². The third-order valence-corrected chi connectivity index (χ3v) is 3.08. The molecule has 0 bridgehead atoms. The van der Waals surface area contributed by atoms with Gasteiger partial charge >= 0.3 is 0 Å². The molecule has 0 heterocycles.